The average molecular weight is 384 g/mol. The molecule has 0 heterocycles. The Morgan fingerprint density at radius 2 is 1.81 bits per heavy atom. The minimum absolute atomic E-state index is 0.0127. The van der Waals surface area contributed by atoms with Gasteiger partial charge >= 0.3 is 0 Å². The van der Waals surface area contributed by atoms with Gasteiger partial charge in [-0.2, -0.15) is 0 Å². The zero-order valence-electron chi connectivity index (χ0n) is 16.3. The molecule has 0 radical (unpaired) electrons. The fraction of sp³-hybridized carbons (Fsp3) is 0.556. The number of ether oxygens (including phenoxy) is 2. The van der Waals surface area contributed by atoms with Crippen LogP contribution in [0.25, 0.3) is 0 Å². The van der Waals surface area contributed by atoms with Gasteiger partial charge in [-0.25, -0.2) is 0 Å². The maximum absolute atomic E-state index is 12.3. The average Bonchev–Trinajstić information content (AvgIpc) is 2.64. The highest BCUT2D eigenvalue weighted by Gasteiger charge is 2.19. The van der Waals surface area contributed by atoms with Crippen LogP contribution in [0, 0.1) is 5.92 Å². The molecule has 8 heteroatoms. The third kappa shape index (κ3) is 5.81. The lowest BCUT2D eigenvalue weighted by Crippen LogP contribution is -2.47. The van der Waals surface area contributed by atoms with Crippen LogP contribution < -0.4 is 20.5 Å². The van der Waals surface area contributed by atoms with Gasteiger partial charge in [0, 0.05) is 18.5 Å². The van der Waals surface area contributed by atoms with Crippen molar-refractivity contribution in [3.8, 4) is 11.5 Å². The first-order valence-electron chi connectivity index (χ1n) is 8.31. The number of nitrogens with two attached hydrogens (primary N) is 1. The highest BCUT2D eigenvalue weighted by molar-refractivity contribution is 7.98. The van der Waals surface area contributed by atoms with E-state index in [4.69, 9.17) is 15.2 Å². The Kier molecular flexibility index (Phi) is 8.74. The summed E-state index contributed by atoms with van der Waals surface area (Å²) < 4.78 is 10.7. The summed E-state index contributed by atoms with van der Waals surface area (Å²) in [6, 6.07) is 3.13. The predicted molar refractivity (Wildman–Crippen MR) is 104 cm³/mol. The van der Waals surface area contributed by atoms with Crippen LogP contribution in [0.15, 0.2) is 17.0 Å². The van der Waals surface area contributed by atoms with Crippen LogP contribution in [-0.4, -0.2) is 56.8 Å². The largest absolute Gasteiger partial charge is 0.493 e. The van der Waals surface area contributed by atoms with Crippen molar-refractivity contribution in [3.05, 3.63) is 17.7 Å². The van der Waals surface area contributed by atoms with E-state index in [0.29, 0.717) is 18.0 Å². The molecule has 7 nitrogen and oxygen atoms in total. The summed E-state index contributed by atoms with van der Waals surface area (Å²) in [4.78, 5) is 26.8. The number of likely N-dealkylation sites (N-methyl/N-ethyl adjacent to an activating group) is 1. The molecule has 1 aromatic rings. The number of hydrogen-bond donors (Lipinski definition) is 2. The number of amides is 2. The van der Waals surface area contributed by atoms with Gasteiger partial charge in [-0.1, -0.05) is 13.8 Å². The minimum Gasteiger partial charge on any atom is -0.493 e. The molecule has 0 spiro atoms. The summed E-state index contributed by atoms with van der Waals surface area (Å²) in [6.07, 6.45) is 1.96. The number of carbonyl (C=O) groups is 2. The van der Waals surface area contributed by atoms with E-state index in [-0.39, 0.29) is 24.3 Å². The van der Waals surface area contributed by atoms with E-state index in [1.165, 1.54) is 0 Å². The summed E-state index contributed by atoms with van der Waals surface area (Å²) in [5, 5.41) is 2.59. The van der Waals surface area contributed by atoms with Gasteiger partial charge in [-0.3, -0.25) is 9.59 Å². The van der Waals surface area contributed by atoms with Gasteiger partial charge in [-0.15, -0.1) is 11.8 Å². The van der Waals surface area contributed by atoms with Crippen LogP contribution in [0.1, 0.15) is 19.4 Å². The molecule has 0 aliphatic heterocycles. The molecule has 0 bridgehead atoms. The van der Waals surface area contributed by atoms with E-state index < -0.39 is 6.04 Å². The molecule has 0 saturated heterocycles. The Hall–Kier alpha value is -1.93. The third-order valence-corrected chi connectivity index (χ3v) is 4.87. The van der Waals surface area contributed by atoms with Gasteiger partial charge in [0.2, 0.25) is 11.8 Å². The number of rotatable bonds is 9. The third-order valence-electron chi connectivity index (χ3n) is 4.05. The lowest BCUT2D eigenvalue weighted by molar-refractivity contribution is -0.132. The predicted octanol–water partition coefficient (Wildman–Crippen LogP) is 1.48. The van der Waals surface area contributed by atoms with Crippen LogP contribution in [0.5, 0.6) is 11.5 Å². The molecule has 0 saturated carbocycles. The lowest BCUT2D eigenvalue weighted by atomic mass is 10.1. The molecular weight excluding hydrogens is 354 g/mol. The topological polar surface area (TPSA) is 93.9 Å². The van der Waals surface area contributed by atoms with Gasteiger partial charge < -0.3 is 25.4 Å². The van der Waals surface area contributed by atoms with Crippen molar-refractivity contribution in [1.29, 1.82) is 0 Å². The van der Waals surface area contributed by atoms with Crippen molar-refractivity contribution in [2.45, 2.75) is 31.3 Å². The quantitative estimate of drug-likeness (QED) is 0.628. The molecule has 0 fully saturated rings. The van der Waals surface area contributed by atoms with Gasteiger partial charge in [0.15, 0.2) is 11.5 Å². The van der Waals surface area contributed by atoms with E-state index in [2.05, 4.69) is 5.32 Å². The smallest absolute Gasteiger partial charge is 0.242 e. The first-order valence-corrected chi connectivity index (χ1v) is 9.53. The Bertz CT molecular complexity index is 637. The molecule has 1 aromatic carbocycles. The van der Waals surface area contributed by atoms with Crippen LogP contribution in [-0.2, 0) is 16.1 Å². The lowest BCUT2D eigenvalue weighted by Gasteiger charge is -2.21. The van der Waals surface area contributed by atoms with Crippen molar-refractivity contribution in [2.75, 3.05) is 34.1 Å². The monoisotopic (exact) mass is 383 g/mol. The summed E-state index contributed by atoms with van der Waals surface area (Å²) >= 11 is 1.56. The Morgan fingerprint density at radius 3 is 2.31 bits per heavy atom. The second-order valence-electron chi connectivity index (χ2n) is 6.26. The van der Waals surface area contributed by atoms with Crippen molar-refractivity contribution >= 4 is 23.6 Å². The Balaban J connectivity index is 2.78. The second-order valence-corrected chi connectivity index (χ2v) is 7.10. The molecule has 0 aliphatic carbocycles. The molecule has 26 heavy (non-hydrogen) atoms. The first kappa shape index (κ1) is 22.1. The summed E-state index contributed by atoms with van der Waals surface area (Å²) in [5.41, 5.74) is 6.72. The molecule has 3 N–H and O–H groups in total. The molecule has 1 rings (SSSR count). The maximum atomic E-state index is 12.3. The zero-order chi connectivity index (χ0) is 19.9. The maximum Gasteiger partial charge on any atom is 0.242 e. The minimum atomic E-state index is -0.623. The zero-order valence-corrected chi connectivity index (χ0v) is 17.1. The normalized spacial score (nSPS) is 11.8. The molecule has 146 valence electrons. The van der Waals surface area contributed by atoms with Crippen LogP contribution >= 0.6 is 11.8 Å². The van der Waals surface area contributed by atoms with Gasteiger partial charge in [0.25, 0.3) is 0 Å². The molecule has 0 aromatic heterocycles. The molecule has 1 atom stereocenters. The fourth-order valence-electron chi connectivity index (χ4n) is 2.28. The Labute approximate surface area is 159 Å². The standard InChI is InChI=1S/C18H29N3O4S/c1-11(2)17(19)18(23)20-9-16(22)21(3)10-12-7-13(24-4)14(25-5)8-15(12)26-6/h7-8,11,17H,9-10,19H2,1-6H3,(H,20,23)/t17-/m0/s1. The van der Waals surface area contributed by atoms with Crippen LogP contribution in [0.2, 0.25) is 0 Å². The van der Waals surface area contributed by atoms with Crippen molar-refractivity contribution in [1.82, 2.24) is 10.2 Å². The number of methoxy groups -OCH3 is 2. The van der Waals surface area contributed by atoms with Gasteiger partial charge in [0.05, 0.1) is 26.8 Å². The summed E-state index contributed by atoms with van der Waals surface area (Å²) in [6.45, 7) is 4.03. The highest BCUT2D eigenvalue weighted by Crippen LogP contribution is 2.35. The highest BCUT2D eigenvalue weighted by atomic mass is 32.2. The second kappa shape index (κ2) is 10.3. The van der Waals surface area contributed by atoms with Crippen LogP contribution in [0.3, 0.4) is 0 Å². The van der Waals surface area contributed by atoms with E-state index in [1.54, 1.807) is 37.9 Å². The number of benzene rings is 1. The van der Waals surface area contributed by atoms with Crippen molar-refractivity contribution in [3.63, 3.8) is 0 Å². The van der Waals surface area contributed by atoms with E-state index in [9.17, 15) is 9.59 Å². The fourth-order valence-corrected chi connectivity index (χ4v) is 2.89. The number of nitrogens with zero attached hydrogens (tertiary/aromatic N) is 1. The van der Waals surface area contributed by atoms with Crippen molar-refractivity contribution < 1.29 is 19.1 Å². The summed E-state index contributed by atoms with van der Waals surface area (Å²) in [7, 11) is 4.85. The molecule has 0 aliphatic rings. The molecular formula is C18H29N3O4S. The first-order chi connectivity index (χ1) is 12.2. The SMILES string of the molecule is COc1cc(CN(C)C(=O)CNC(=O)[C@@H](N)C(C)C)c(SC)cc1OC. The van der Waals surface area contributed by atoms with Gasteiger partial charge in [-0.05, 0) is 29.9 Å². The number of nitrogens with one attached hydrogen (secondary N) is 1. The Morgan fingerprint density at radius 1 is 1.23 bits per heavy atom. The van der Waals surface area contributed by atoms with Gasteiger partial charge in [0.1, 0.15) is 0 Å². The number of thioether (sulfide) groups is 1. The number of carbonyl (C=O) groups excluding carboxylic acids is 2. The molecule has 2 amide bonds. The van der Waals surface area contributed by atoms with Crippen molar-refractivity contribution in [2.24, 2.45) is 11.7 Å². The van der Waals surface area contributed by atoms with E-state index in [0.717, 1.165) is 10.5 Å². The molecule has 0 unspecified atom stereocenters. The van der Waals surface area contributed by atoms with E-state index in [1.807, 2.05) is 32.2 Å². The number of hydrogen-bond acceptors (Lipinski definition) is 6. The van der Waals surface area contributed by atoms with Crippen LogP contribution in [0.4, 0.5) is 0 Å². The van der Waals surface area contributed by atoms with E-state index >= 15 is 0 Å². The summed E-state index contributed by atoms with van der Waals surface area (Å²) in [5.74, 6) is 0.745.